The van der Waals surface area contributed by atoms with Crippen molar-refractivity contribution < 1.29 is 4.79 Å². The highest BCUT2D eigenvalue weighted by atomic mass is 32.2. The standard InChI is InChI=1S/C14H20N2OS/c1-10(17)16-8-7-11-9-12(5-6-13(11)16)18-15-14(2,3)4/h5-6,9,15H,7-8H2,1-4H3. The fourth-order valence-corrected chi connectivity index (χ4v) is 2.74. The first-order valence-electron chi connectivity index (χ1n) is 6.22. The van der Waals surface area contributed by atoms with Crippen molar-refractivity contribution in [2.24, 2.45) is 0 Å². The molecule has 3 nitrogen and oxygen atoms in total. The summed E-state index contributed by atoms with van der Waals surface area (Å²) in [5, 5.41) is 0. The maximum Gasteiger partial charge on any atom is 0.223 e. The third-order valence-electron chi connectivity index (χ3n) is 2.80. The molecule has 0 atom stereocenters. The molecule has 0 bridgehead atoms. The van der Waals surface area contributed by atoms with Crippen LogP contribution in [-0.2, 0) is 11.2 Å². The van der Waals surface area contributed by atoms with Gasteiger partial charge in [-0.1, -0.05) is 0 Å². The minimum absolute atomic E-state index is 0.0924. The zero-order valence-electron chi connectivity index (χ0n) is 11.4. The molecule has 0 radical (unpaired) electrons. The van der Waals surface area contributed by atoms with Gasteiger partial charge in [0.25, 0.3) is 0 Å². The summed E-state index contributed by atoms with van der Waals surface area (Å²) in [6, 6.07) is 6.31. The topological polar surface area (TPSA) is 32.3 Å². The van der Waals surface area contributed by atoms with E-state index in [0.717, 1.165) is 18.7 Å². The number of benzene rings is 1. The third kappa shape index (κ3) is 3.06. The lowest BCUT2D eigenvalue weighted by atomic mass is 10.1. The van der Waals surface area contributed by atoms with Crippen LogP contribution < -0.4 is 9.62 Å². The van der Waals surface area contributed by atoms with Gasteiger partial charge in [-0.25, -0.2) is 0 Å². The van der Waals surface area contributed by atoms with Crippen LogP contribution in [0.3, 0.4) is 0 Å². The largest absolute Gasteiger partial charge is 0.312 e. The lowest BCUT2D eigenvalue weighted by molar-refractivity contribution is -0.116. The number of carbonyl (C=O) groups is 1. The SMILES string of the molecule is CC(=O)N1CCc2cc(SNC(C)(C)C)ccc21. The Morgan fingerprint density at radius 3 is 2.72 bits per heavy atom. The zero-order chi connectivity index (χ0) is 13.3. The molecular weight excluding hydrogens is 244 g/mol. The van der Waals surface area contributed by atoms with Gasteiger partial charge in [-0.3, -0.25) is 9.52 Å². The minimum atomic E-state index is 0.0924. The van der Waals surface area contributed by atoms with Crippen molar-refractivity contribution in [3.05, 3.63) is 23.8 Å². The van der Waals surface area contributed by atoms with Crippen LogP contribution in [0.1, 0.15) is 33.3 Å². The summed E-state index contributed by atoms with van der Waals surface area (Å²) < 4.78 is 3.40. The Hall–Kier alpha value is -1.00. The lowest BCUT2D eigenvalue weighted by Crippen LogP contribution is -2.29. The van der Waals surface area contributed by atoms with Crippen molar-refractivity contribution >= 4 is 23.5 Å². The van der Waals surface area contributed by atoms with E-state index >= 15 is 0 Å². The summed E-state index contributed by atoms with van der Waals surface area (Å²) in [5.41, 5.74) is 2.43. The molecule has 1 aromatic rings. The average molecular weight is 264 g/mol. The van der Waals surface area contributed by atoms with Gasteiger partial charge in [-0.15, -0.1) is 0 Å². The Balaban J connectivity index is 2.12. The van der Waals surface area contributed by atoms with Crippen molar-refractivity contribution in [1.29, 1.82) is 0 Å². The highest BCUT2D eigenvalue weighted by Crippen LogP contribution is 2.31. The van der Waals surface area contributed by atoms with Gasteiger partial charge in [0.2, 0.25) is 5.91 Å². The van der Waals surface area contributed by atoms with Crippen LogP contribution in [0.2, 0.25) is 0 Å². The number of anilines is 1. The van der Waals surface area contributed by atoms with E-state index in [1.54, 1.807) is 18.9 Å². The first kappa shape index (κ1) is 13.4. The van der Waals surface area contributed by atoms with Gasteiger partial charge in [-0.05, 0) is 62.9 Å². The number of amides is 1. The van der Waals surface area contributed by atoms with Gasteiger partial charge in [-0.2, -0.15) is 0 Å². The maximum absolute atomic E-state index is 11.5. The number of carbonyl (C=O) groups excluding carboxylic acids is 1. The van der Waals surface area contributed by atoms with Crippen LogP contribution >= 0.6 is 11.9 Å². The molecule has 18 heavy (non-hydrogen) atoms. The van der Waals surface area contributed by atoms with Crippen molar-refractivity contribution in [2.45, 2.75) is 44.6 Å². The summed E-state index contributed by atoms with van der Waals surface area (Å²) in [7, 11) is 0. The van der Waals surface area contributed by atoms with Crippen LogP contribution in [0.15, 0.2) is 23.1 Å². The zero-order valence-corrected chi connectivity index (χ0v) is 12.2. The predicted octanol–water partition coefficient (Wildman–Crippen LogP) is 2.99. The molecule has 0 saturated carbocycles. The predicted molar refractivity (Wildman–Crippen MR) is 76.9 cm³/mol. The van der Waals surface area contributed by atoms with E-state index in [0.29, 0.717) is 0 Å². The van der Waals surface area contributed by atoms with Crippen LogP contribution in [-0.4, -0.2) is 18.0 Å². The van der Waals surface area contributed by atoms with E-state index < -0.39 is 0 Å². The van der Waals surface area contributed by atoms with Gasteiger partial charge >= 0.3 is 0 Å². The summed E-state index contributed by atoms with van der Waals surface area (Å²) in [5.74, 6) is 0.127. The lowest BCUT2D eigenvalue weighted by Gasteiger charge is -2.20. The normalized spacial score (nSPS) is 14.8. The van der Waals surface area contributed by atoms with Crippen LogP contribution in [0.4, 0.5) is 5.69 Å². The molecule has 0 unspecified atom stereocenters. The molecule has 1 N–H and O–H groups in total. The summed E-state index contributed by atoms with van der Waals surface area (Å²) >= 11 is 1.65. The molecule has 0 spiro atoms. The number of rotatable bonds is 2. The van der Waals surface area contributed by atoms with E-state index in [-0.39, 0.29) is 11.4 Å². The average Bonchev–Trinajstić information content (AvgIpc) is 2.68. The highest BCUT2D eigenvalue weighted by Gasteiger charge is 2.22. The highest BCUT2D eigenvalue weighted by molar-refractivity contribution is 7.97. The van der Waals surface area contributed by atoms with Crippen LogP contribution in [0.5, 0.6) is 0 Å². The Labute approximate surface area is 113 Å². The van der Waals surface area contributed by atoms with Gasteiger partial charge in [0, 0.05) is 29.6 Å². The van der Waals surface area contributed by atoms with Gasteiger partial charge < -0.3 is 4.90 Å². The molecular formula is C14H20N2OS. The summed E-state index contributed by atoms with van der Waals surface area (Å²) in [4.78, 5) is 14.5. The molecule has 1 aliphatic rings. The molecule has 98 valence electrons. The van der Waals surface area contributed by atoms with Crippen molar-refractivity contribution in [3.63, 3.8) is 0 Å². The Bertz CT molecular complexity index is 465. The molecule has 0 fully saturated rings. The summed E-state index contributed by atoms with van der Waals surface area (Å²) in [6.45, 7) is 8.87. The van der Waals surface area contributed by atoms with Crippen LogP contribution in [0, 0.1) is 0 Å². The van der Waals surface area contributed by atoms with Crippen molar-refractivity contribution in [2.75, 3.05) is 11.4 Å². The van der Waals surface area contributed by atoms with Gasteiger partial charge in [0.15, 0.2) is 0 Å². The molecule has 1 amide bonds. The second-order valence-corrected chi connectivity index (χ2v) is 6.54. The fraction of sp³-hybridized carbons (Fsp3) is 0.500. The fourth-order valence-electron chi connectivity index (χ4n) is 1.98. The second-order valence-electron chi connectivity index (χ2n) is 5.67. The minimum Gasteiger partial charge on any atom is -0.312 e. The number of fused-ring (bicyclic) bond motifs is 1. The van der Waals surface area contributed by atoms with E-state index in [9.17, 15) is 4.79 Å². The van der Waals surface area contributed by atoms with E-state index in [1.807, 2.05) is 4.90 Å². The van der Waals surface area contributed by atoms with E-state index in [1.165, 1.54) is 10.5 Å². The molecule has 2 rings (SSSR count). The van der Waals surface area contributed by atoms with Crippen molar-refractivity contribution in [1.82, 2.24) is 4.72 Å². The van der Waals surface area contributed by atoms with Crippen molar-refractivity contribution in [3.8, 4) is 0 Å². The molecule has 0 aromatic heterocycles. The number of hydrogen-bond acceptors (Lipinski definition) is 3. The molecule has 0 saturated heterocycles. The first-order chi connectivity index (χ1) is 8.37. The maximum atomic E-state index is 11.5. The molecule has 1 aromatic carbocycles. The van der Waals surface area contributed by atoms with E-state index in [2.05, 4.69) is 43.7 Å². The van der Waals surface area contributed by atoms with Crippen LogP contribution in [0.25, 0.3) is 0 Å². The van der Waals surface area contributed by atoms with E-state index in [4.69, 9.17) is 0 Å². The Morgan fingerprint density at radius 2 is 2.11 bits per heavy atom. The molecule has 0 aliphatic carbocycles. The molecule has 1 heterocycles. The monoisotopic (exact) mass is 264 g/mol. The summed E-state index contributed by atoms with van der Waals surface area (Å²) in [6.07, 6.45) is 0.957. The Morgan fingerprint density at radius 1 is 1.39 bits per heavy atom. The third-order valence-corrected chi connectivity index (χ3v) is 4.01. The quantitative estimate of drug-likeness (QED) is 0.833. The number of nitrogens with zero attached hydrogens (tertiary/aromatic N) is 1. The first-order valence-corrected chi connectivity index (χ1v) is 7.03. The smallest absolute Gasteiger partial charge is 0.223 e. The molecule has 1 aliphatic heterocycles. The number of hydrogen-bond donors (Lipinski definition) is 1. The molecule has 4 heteroatoms. The number of nitrogens with one attached hydrogen (secondary N) is 1. The Kier molecular flexibility index (Phi) is 3.69. The van der Waals surface area contributed by atoms with Gasteiger partial charge in [0.05, 0.1) is 0 Å². The van der Waals surface area contributed by atoms with Gasteiger partial charge in [0.1, 0.15) is 0 Å². The second kappa shape index (κ2) is 4.94.